The quantitative estimate of drug-likeness (QED) is 0.612. The number of alkyl halides is 3. The van der Waals surface area contributed by atoms with Crippen molar-refractivity contribution in [1.29, 1.82) is 0 Å². The Bertz CT molecular complexity index is 357. The average molecular weight is 255 g/mol. The minimum Gasteiger partial charge on any atom is -0.477 e. The van der Waals surface area contributed by atoms with E-state index in [0.29, 0.717) is 5.56 Å². The van der Waals surface area contributed by atoms with Crippen molar-refractivity contribution in [3.8, 4) is 5.88 Å². The highest BCUT2D eigenvalue weighted by Crippen LogP contribution is 2.22. The van der Waals surface area contributed by atoms with Crippen molar-refractivity contribution in [3.63, 3.8) is 0 Å². The number of hydrogen-bond acceptors (Lipinski definition) is 3. The number of halogens is 4. The molecule has 7 heteroatoms. The van der Waals surface area contributed by atoms with E-state index in [1.165, 1.54) is 6.20 Å². The Labute approximate surface area is 95.6 Å². The van der Waals surface area contributed by atoms with E-state index >= 15 is 0 Å². The van der Waals surface area contributed by atoms with Gasteiger partial charge in [0.1, 0.15) is 0 Å². The molecule has 0 aromatic carbocycles. The monoisotopic (exact) mass is 254 g/mol. The first kappa shape index (κ1) is 13.0. The van der Waals surface area contributed by atoms with E-state index in [9.17, 15) is 13.2 Å². The van der Waals surface area contributed by atoms with Gasteiger partial charge in [0.2, 0.25) is 11.2 Å². The van der Waals surface area contributed by atoms with Gasteiger partial charge in [-0.25, -0.2) is 4.98 Å². The summed E-state index contributed by atoms with van der Waals surface area (Å²) in [6.07, 6.45) is -3.68. The zero-order valence-corrected chi connectivity index (χ0v) is 9.27. The molecule has 0 N–H and O–H groups in total. The molecule has 0 aliphatic heterocycles. The predicted molar refractivity (Wildman–Crippen MR) is 52.6 cm³/mol. The third kappa shape index (κ3) is 4.65. The molecule has 0 amide bonds. The van der Waals surface area contributed by atoms with Gasteiger partial charge in [-0.15, -0.1) is 0 Å². The number of nitrogens with zero attached hydrogens (tertiary/aromatic N) is 2. The lowest BCUT2D eigenvalue weighted by Crippen LogP contribution is -2.10. The smallest absolute Gasteiger partial charge is 0.389 e. The van der Waals surface area contributed by atoms with Gasteiger partial charge in [0, 0.05) is 18.2 Å². The number of ether oxygens (including phenoxy) is 1. The fourth-order valence-electron chi connectivity index (χ4n) is 0.994. The van der Waals surface area contributed by atoms with Crippen LogP contribution in [-0.4, -0.2) is 22.8 Å². The molecule has 0 spiro atoms. The maximum Gasteiger partial charge on any atom is 0.389 e. The van der Waals surface area contributed by atoms with Gasteiger partial charge in [-0.3, -0.25) is 0 Å². The predicted octanol–water partition coefficient (Wildman–Crippen LogP) is 3.16. The Hall–Kier alpha value is -1.04. The zero-order valence-electron chi connectivity index (χ0n) is 8.51. The Morgan fingerprint density at radius 2 is 2.12 bits per heavy atom. The van der Waals surface area contributed by atoms with Gasteiger partial charge in [0.25, 0.3) is 0 Å². The van der Waals surface area contributed by atoms with Crippen molar-refractivity contribution >= 4 is 11.6 Å². The Kier molecular flexibility index (Phi) is 4.35. The van der Waals surface area contributed by atoms with Crippen LogP contribution >= 0.6 is 11.6 Å². The van der Waals surface area contributed by atoms with Gasteiger partial charge in [0.05, 0.1) is 6.61 Å². The fraction of sp³-hybridized carbons (Fsp3) is 0.556. The van der Waals surface area contributed by atoms with Gasteiger partial charge < -0.3 is 4.74 Å². The normalized spacial score (nSPS) is 11.6. The summed E-state index contributed by atoms with van der Waals surface area (Å²) in [6, 6.07) is 0. The lowest BCUT2D eigenvalue weighted by molar-refractivity contribution is -0.136. The molecule has 90 valence electrons. The SMILES string of the molecule is Cc1cnc(Cl)nc1OCCCC(F)(F)F. The lowest BCUT2D eigenvalue weighted by atomic mass is 10.3. The first-order chi connectivity index (χ1) is 7.38. The van der Waals surface area contributed by atoms with E-state index in [2.05, 4.69) is 9.97 Å². The van der Waals surface area contributed by atoms with Crippen LogP contribution in [-0.2, 0) is 0 Å². The van der Waals surface area contributed by atoms with Crippen molar-refractivity contribution in [3.05, 3.63) is 17.0 Å². The van der Waals surface area contributed by atoms with E-state index in [1.54, 1.807) is 6.92 Å². The molecule has 16 heavy (non-hydrogen) atoms. The number of aromatic nitrogens is 2. The summed E-state index contributed by atoms with van der Waals surface area (Å²) in [5.41, 5.74) is 0.636. The van der Waals surface area contributed by atoms with Crippen LogP contribution in [0.15, 0.2) is 6.20 Å². The summed E-state index contributed by atoms with van der Waals surface area (Å²) in [4.78, 5) is 7.46. The maximum absolute atomic E-state index is 11.8. The van der Waals surface area contributed by atoms with Crippen LogP contribution in [0.25, 0.3) is 0 Å². The van der Waals surface area contributed by atoms with Gasteiger partial charge in [0.15, 0.2) is 0 Å². The molecule has 3 nitrogen and oxygen atoms in total. The van der Waals surface area contributed by atoms with Crippen molar-refractivity contribution in [2.75, 3.05) is 6.61 Å². The second-order valence-electron chi connectivity index (χ2n) is 3.19. The molecule has 0 aliphatic rings. The number of hydrogen-bond donors (Lipinski definition) is 0. The number of rotatable bonds is 4. The van der Waals surface area contributed by atoms with Crippen molar-refractivity contribution in [2.45, 2.75) is 25.9 Å². The highest BCUT2D eigenvalue weighted by atomic mass is 35.5. The molecule has 0 fully saturated rings. The highest BCUT2D eigenvalue weighted by molar-refractivity contribution is 6.28. The Morgan fingerprint density at radius 3 is 2.75 bits per heavy atom. The van der Waals surface area contributed by atoms with E-state index in [-0.39, 0.29) is 24.2 Å². The first-order valence-corrected chi connectivity index (χ1v) is 4.95. The second kappa shape index (κ2) is 5.34. The van der Waals surface area contributed by atoms with Crippen LogP contribution in [0.4, 0.5) is 13.2 Å². The maximum atomic E-state index is 11.8. The molecular formula is C9H10ClF3N2O. The van der Waals surface area contributed by atoms with Crippen LogP contribution in [0.1, 0.15) is 18.4 Å². The largest absolute Gasteiger partial charge is 0.477 e. The molecule has 0 saturated heterocycles. The third-order valence-corrected chi connectivity index (χ3v) is 1.92. The van der Waals surface area contributed by atoms with Gasteiger partial charge in [-0.2, -0.15) is 18.2 Å². The van der Waals surface area contributed by atoms with Crippen LogP contribution in [0.5, 0.6) is 5.88 Å². The van der Waals surface area contributed by atoms with Gasteiger partial charge >= 0.3 is 6.18 Å². The minimum atomic E-state index is -4.15. The third-order valence-electron chi connectivity index (χ3n) is 1.74. The van der Waals surface area contributed by atoms with E-state index in [1.807, 2.05) is 0 Å². The van der Waals surface area contributed by atoms with Gasteiger partial charge in [-0.1, -0.05) is 0 Å². The standard InChI is InChI=1S/C9H10ClF3N2O/c1-6-5-14-8(10)15-7(6)16-4-2-3-9(11,12)13/h5H,2-4H2,1H3. The average Bonchev–Trinajstić information content (AvgIpc) is 2.16. The molecule has 0 atom stereocenters. The lowest BCUT2D eigenvalue weighted by Gasteiger charge is -2.08. The van der Waals surface area contributed by atoms with Crippen LogP contribution < -0.4 is 4.74 Å². The molecule has 0 bridgehead atoms. The summed E-state index contributed by atoms with van der Waals surface area (Å²) >= 11 is 5.52. The molecule has 1 aromatic heterocycles. The molecule has 1 heterocycles. The molecule has 0 unspecified atom stereocenters. The fourth-order valence-corrected chi connectivity index (χ4v) is 1.12. The van der Waals surface area contributed by atoms with E-state index in [0.717, 1.165) is 0 Å². The van der Waals surface area contributed by atoms with Crippen molar-refractivity contribution in [2.24, 2.45) is 0 Å². The summed E-state index contributed by atoms with van der Waals surface area (Å²) < 4.78 is 40.5. The zero-order chi connectivity index (χ0) is 12.2. The van der Waals surface area contributed by atoms with Crippen molar-refractivity contribution in [1.82, 2.24) is 9.97 Å². The Morgan fingerprint density at radius 1 is 1.44 bits per heavy atom. The van der Waals surface area contributed by atoms with Crippen LogP contribution in [0.2, 0.25) is 5.28 Å². The van der Waals surface area contributed by atoms with E-state index in [4.69, 9.17) is 16.3 Å². The molecule has 1 rings (SSSR count). The number of aryl methyl sites for hydroxylation is 1. The van der Waals surface area contributed by atoms with Crippen LogP contribution in [0, 0.1) is 6.92 Å². The first-order valence-electron chi connectivity index (χ1n) is 4.57. The minimum absolute atomic E-state index is 0.0106. The molecule has 1 aromatic rings. The molecule has 0 saturated carbocycles. The Balaban J connectivity index is 2.40. The van der Waals surface area contributed by atoms with Crippen LogP contribution in [0.3, 0.4) is 0 Å². The van der Waals surface area contributed by atoms with E-state index < -0.39 is 12.6 Å². The topological polar surface area (TPSA) is 35.0 Å². The van der Waals surface area contributed by atoms with Gasteiger partial charge in [-0.05, 0) is 24.9 Å². The molecule has 0 radical (unpaired) electrons. The summed E-state index contributed by atoms with van der Waals surface area (Å²) in [5, 5.41) is 0.0106. The summed E-state index contributed by atoms with van der Waals surface area (Å²) in [5.74, 6) is 0.224. The summed E-state index contributed by atoms with van der Waals surface area (Å²) in [6.45, 7) is 1.64. The second-order valence-corrected chi connectivity index (χ2v) is 3.53. The molecule has 0 aliphatic carbocycles. The van der Waals surface area contributed by atoms with Crippen molar-refractivity contribution < 1.29 is 17.9 Å². The summed E-state index contributed by atoms with van der Waals surface area (Å²) in [7, 11) is 0. The highest BCUT2D eigenvalue weighted by Gasteiger charge is 2.26. The molecular weight excluding hydrogens is 245 g/mol.